The molecule has 0 spiro atoms. The third-order valence-electron chi connectivity index (χ3n) is 4.73. The summed E-state index contributed by atoms with van der Waals surface area (Å²) in [6, 6.07) is 12.4. The predicted octanol–water partition coefficient (Wildman–Crippen LogP) is 3.69. The van der Waals surface area contributed by atoms with Gasteiger partial charge in [-0.05, 0) is 38.5 Å². The number of halogens is 1. The Hall–Kier alpha value is -3.28. The van der Waals surface area contributed by atoms with Crippen LogP contribution in [0.15, 0.2) is 53.5 Å². The van der Waals surface area contributed by atoms with Crippen molar-refractivity contribution in [1.82, 2.24) is 19.6 Å². The monoisotopic (exact) mass is 362 g/mol. The molecule has 0 saturated heterocycles. The Kier molecular flexibility index (Phi) is 4.11. The van der Waals surface area contributed by atoms with Crippen LogP contribution in [0.3, 0.4) is 0 Å². The van der Waals surface area contributed by atoms with Crippen molar-refractivity contribution < 1.29 is 4.39 Å². The van der Waals surface area contributed by atoms with E-state index in [1.807, 2.05) is 32.9 Å². The minimum Gasteiger partial charge on any atom is -0.265 e. The van der Waals surface area contributed by atoms with Crippen LogP contribution in [0.25, 0.3) is 16.6 Å². The van der Waals surface area contributed by atoms with Gasteiger partial charge in [-0.1, -0.05) is 35.9 Å². The molecule has 0 N–H and O–H groups in total. The smallest absolute Gasteiger partial charge is 0.265 e. The second-order valence-corrected chi connectivity index (χ2v) is 6.75. The summed E-state index contributed by atoms with van der Waals surface area (Å²) in [6.07, 6.45) is 1.66. The molecule has 2 heterocycles. The zero-order valence-electron chi connectivity index (χ0n) is 15.4. The molecule has 0 aliphatic carbocycles. The number of rotatable bonds is 3. The van der Waals surface area contributed by atoms with Crippen LogP contribution in [0.4, 0.5) is 4.39 Å². The molecule has 6 heteroatoms. The summed E-state index contributed by atoms with van der Waals surface area (Å²) < 4.78 is 17.0. The van der Waals surface area contributed by atoms with E-state index in [-0.39, 0.29) is 17.9 Å². The minimum absolute atomic E-state index is 0.0698. The van der Waals surface area contributed by atoms with Gasteiger partial charge in [0.05, 0.1) is 24.1 Å². The molecule has 0 saturated carbocycles. The second kappa shape index (κ2) is 6.46. The van der Waals surface area contributed by atoms with E-state index >= 15 is 0 Å². The predicted molar refractivity (Wildman–Crippen MR) is 103 cm³/mol. The van der Waals surface area contributed by atoms with E-state index in [0.29, 0.717) is 22.2 Å². The highest BCUT2D eigenvalue weighted by Gasteiger charge is 2.17. The van der Waals surface area contributed by atoms with Gasteiger partial charge in [-0.25, -0.2) is 13.8 Å². The van der Waals surface area contributed by atoms with Crippen molar-refractivity contribution in [2.24, 2.45) is 0 Å². The Morgan fingerprint density at radius 1 is 1.07 bits per heavy atom. The molecule has 2 aromatic heterocycles. The third-order valence-corrected chi connectivity index (χ3v) is 4.73. The lowest BCUT2D eigenvalue weighted by molar-refractivity contribution is 0.571. The van der Waals surface area contributed by atoms with Crippen LogP contribution >= 0.6 is 0 Å². The Balaban J connectivity index is 1.93. The van der Waals surface area contributed by atoms with Crippen molar-refractivity contribution in [2.45, 2.75) is 27.3 Å². The van der Waals surface area contributed by atoms with Gasteiger partial charge >= 0.3 is 0 Å². The van der Waals surface area contributed by atoms with Crippen LogP contribution < -0.4 is 5.56 Å². The van der Waals surface area contributed by atoms with Gasteiger partial charge in [0.1, 0.15) is 11.3 Å². The van der Waals surface area contributed by atoms with Gasteiger partial charge in [0, 0.05) is 10.9 Å². The molecule has 4 rings (SSSR count). The van der Waals surface area contributed by atoms with Gasteiger partial charge in [0.15, 0.2) is 0 Å². The van der Waals surface area contributed by atoms with Crippen LogP contribution in [-0.4, -0.2) is 19.6 Å². The lowest BCUT2D eigenvalue weighted by Gasteiger charge is -2.11. The summed E-state index contributed by atoms with van der Waals surface area (Å²) in [4.78, 5) is 13.1. The molecule has 0 aliphatic rings. The van der Waals surface area contributed by atoms with E-state index in [0.717, 1.165) is 16.8 Å². The average Bonchev–Trinajstić information content (AvgIpc) is 3.07. The zero-order valence-corrected chi connectivity index (χ0v) is 15.4. The van der Waals surface area contributed by atoms with E-state index < -0.39 is 0 Å². The number of hydrogen-bond acceptors (Lipinski definition) is 3. The number of aryl methyl sites for hydroxylation is 3. The van der Waals surface area contributed by atoms with Crippen LogP contribution in [0.2, 0.25) is 0 Å². The largest absolute Gasteiger partial charge is 0.293 e. The maximum Gasteiger partial charge on any atom is 0.293 e. The maximum atomic E-state index is 14.0. The molecule has 0 bridgehead atoms. The van der Waals surface area contributed by atoms with E-state index in [1.54, 1.807) is 29.1 Å². The molecule has 4 aromatic rings. The molecule has 27 heavy (non-hydrogen) atoms. The van der Waals surface area contributed by atoms with Gasteiger partial charge in [-0.15, -0.1) is 0 Å². The molecule has 0 aliphatic heterocycles. The first-order valence-electron chi connectivity index (χ1n) is 8.72. The molecule has 136 valence electrons. The van der Waals surface area contributed by atoms with Gasteiger partial charge in [-0.2, -0.15) is 10.2 Å². The zero-order chi connectivity index (χ0) is 19.1. The number of nitrogens with zero attached hydrogens (tertiary/aromatic N) is 4. The van der Waals surface area contributed by atoms with E-state index in [9.17, 15) is 9.18 Å². The fourth-order valence-corrected chi connectivity index (χ4v) is 3.34. The van der Waals surface area contributed by atoms with Crippen LogP contribution in [0, 0.1) is 26.6 Å². The molecular weight excluding hydrogens is 343 g/mol. The molecule has 0 radical (unpaired) electrons. The number of hydrogen-bond donors (Lipinski definition) is 0. The van der Waals surface area contributed by atoms with Crippen LogP contribution in [0.1, 0.15) is 22.4 Å². The Morgan fingerprint density at radius 3 is 2.59 bits per heavy atom. The second-order valence-electron chi connectivity index (χ2n) is 6.75. The molecule has 0 unspecified atom stereocenters. The summed E-state index contributed by atoms with van der Waals surface area (Å²) in [7, 11) is 0. The third kappa shape index (κ3) is 2.93. The van der Waals surface area contributed by atoms with E-state index in [4.69, 9.17) is 0 Å². The van der Waals surface area contributed by atoms with Crippen molar-refractivity contribution in [1.29, 1.82) is 0 Å². The topological polar surface area (TPSA) is 52.7 Å². The first-order chi connectivity index (χ1) is 13.0. The summed E-state index contributed by atoms with van der Waals surface area (Å²) in [5.74, 6) is -0.355. The van der Waals surface area contributed by atoms with Crippen LogP contribution in [0.5, 0.6) is 0 Å². The first kappa shape index (κ1) is 17.1. The van der Waals surface area contributed by atoms with Crippen molar-refractivity contribution in [3.05, 3.63) is 87.2 Å². The van der Waals surface area contributed by atoms with Gasteiger partial charge < -0.3 is 0 Å². The van der Waals surface area contributed by atoms with Crippen molar-refractivity contribution in [2.75, 3.05) is 0 Å². The summed E-state index contributed by atoms with van der Waals surface area (Å²) >= 11 is 0. The van der Waals surface area contributed by atoms with Crippen molar-refractivity contribution in [3.63, 3.8) is 0 Å². The molecule has 5 nitrogen and oxygen atoms in total. The minimum atomic E-state index is -0.355. The van der Waals surface area contributed by atoms with Gasteiger partial charge in [0.25, 0.3) is 5.56 Å². The lowest BCUT2D eigenvalue weighted by atomic mass is 10.1. The molecule has 0 fully saturated rings. The van der Waals surface area contributed by atoms with Gasteiger partial charge in [-0.3, -0.25) is 4.79 Å². The summed E-state index contributed by atoms with van der Waals surface area (Å²) in [5, 5.41) is 9.50. The highest BCUT2D eigenvalue weighted by atomic mass is 19.1. The van der Waals surface area contributed by atoms with E-state index in [1.165, 1.54) is 10.7 Å². The fraction of sp³-hybridized carbons (Fsp3) is 0.190. The van der Waals surface area contributed by atoms with Gasteiger partial charge in [0.2, 0.25) is 0 Å². The SMILES string of the molecule is Cc1ccc(-n2ncc3c(C)nn(Cc4ccccc4F)c(=O)c32)c(C)c1. The highest BCUT2D eigenvalue weighted by Crippen LogP contribution is 2.21. The lowest BCUT2D eigenvalue weighted by Crippen LogP contribution is -2.26. The molecular formula is C21H19FN4O. The Morgan fingerprint density at radius 2 is 1.85 bits per heavy atom. The number of aromatic nitrogens is 4. The quantitative estimate of drug-likeness (QED) is 0.558. The van der Waals surface area contributed by atoms with Crippen LogP contribution in [-0.2, 0) is 6.54 Å². The maximum absolute atomic E-state index is 14.0. The first-order valence-corrected chi connectivity index (χ1v) is 8.72. The highest BCUT2D eigenvalue weighted by molar-refractivity contribution is 5.81. The normalized spacial score (nSPS) is 11.3. The molecule has 2 aromatic carbocycles. The Labute approximate surface area is 155 Å². The Bertz CT molecular complexity index is 1220. The average molecular weight is 362 g/mol. The van der Waals surface area contributed by atoms with E-state index in [2.05, 4.69) is 16.3 Å². The van der Waals surface area contributed by atoms with Crippen molar-refractivity contribution >= 4 is 10.9 Å². The molecule has 0 atom stereocenters. The summed E-state index contributed by atoms with van der Waals surface area (Å²) in [5.41, 5.74) is 4.26. The standard InChI is InChI=1S/C21H19FN4O/c1-13-8-9-19(14(2)10-13)26-20-17(11-23-26)15(3)24-25(21(20)27)12-16-6-4-5-7-18(16)22/h4-11H,12H2,1-3H3. The fourth-order valence-electron chi connectivity index (χ4n) is 3.34. The summed E-state index contributed by atoms with van der Waals surface area (Å²) in [6.45, 7) is 5.91. The number of benzene rings is 2. The number of fused-ring (bicyclic) bond motifs is 1. The molecule has 0 amide bonds. The van der Waals surface area contributed by atoms with Crippen molar-refractivity contribution in [3.8, 4) is 5.69 Å².